The molecule has 148 valence electrons. The summed E-state index contributed by atoms with van der Waals surface area (Å²) in [5.41, 5.74) is 2.26. The number of ether oxygens (including phenoxy) is 1. The molecular formula is C21H32BNO4. The summed E-state index contributed by atoms with van der Waals surface area (Å²) < 4.78 is 17.8. The van der Waals surface area contributed by atoms with Crippen LogP contribution in [0.4, 0.5) is 4.79 Å². The van der Waals surface area contributed by atoms with E-state index >= 15 is 0 Å². The van der Waals surface area contributed by atoms with Gasteiger partial charge in [-0.1, -0.05) is 23.8 Å². The Hall–Kier alpha value is -1.53. The quantitative estimate of drug-likeness (QED) is 0.743. The number of carbonyl (C=O) groups excluding carboxylic acids is 1. The Morgan fingerprint density at radius 3 is 2.19 bits per heavy atom. The molecule has 2 fully saturated rings. The fourth-order valence-corrected chi connectivity index (χ4v) is 3.36. The lowest BCUT2D eigenvalue weighted by Crippen LogP contribution is -2.50. The fourth-order valence-electron chi connectivity index (χ4n) is 3.36. The molecule has 0 N–H and O–H groups in total. The number of aryl methyl sites for hydroxylation is 1. The first-order valence-corrected chi connectivity index (χ1v) is 9.72. The molecule has 27 heavy (non-hydrogen) atoms. The molecule has 5 nitrogen and oxygen atoms in total. The number of nitrogens with zero attached hydrogens (tertiary/aromatic N) is 1. The van der Waals surface area contributed by atoms with Gasteiger partial charge in [0.25, 0.3) is 0 Å². The molecule has 1 aromatic rings. The lowest BCUT2D eigenvalue weighted by atomic mass is 9.75. The molecule has 0 bridgehead atoms. The van der Waals surface area contributed by atoms with E-state index in [1.165, 1.54) is 11.1 Å². The zero-order valence-corrected chi connectivity index (χ0v) is 17.9. The number of hydrogen-bond donors (Lipinski definition) is 0. The van der Waals surface area contributed by atoms with Crippen LogP contribution in [0.2, 0.25) is 0 Å². The average molecular weight is 373 g/mol. The maximum atomic E-state index is 12.2. The van der Waals surface area contributed by atoms with Crippen LogP contribution in [0.15, 0.2) is 18.2 Å². The summed E-state index contributed by atoms with van der Waals surface area (Å²) in [4.78, 5) is 13.9. The maximum Gasteiger partial charge on any atom is 0.494 e. The largest absolute Gasteiger partial charge is 0.494 e. The van der Waals surface area contributed by atoms with Crippen LogP contribution in [0, 0.1) is 6.92 Å². The summed E-state index contributed by atoms with van der Waals surface area (Å²) in [7, 11) is -0.365. The fraction of sp³-hybridized carbons (Fsp3) is 0.667. The molecule has 1 aromatic carbocycles. The highest BCUT2D eigenvalue weighted by atomic mass is 16.7. The summed E-state index contributed by atoms with van der Waals surface area (Å²) in [6, 6.07) is 6.47. The Kier molecular flexibility index (Phi) is 4.88. The van der Waals surface area contributed by atoms with Crippen LogP contribution in [0.5, 0.6) is 0 Å². The van der Waals surface area contributed by atoms with Crippen LogP contribution < -0.4 is 5.46 Å². The first-order chi connectivity index (χ1) is 12.3. The van der Waals surface area contributed by atoms with E-state index in [9.17, 15) is 4.79 Å². The van der Waals surface area contributed by atoms with Gasteiger partial charge in [0.15, 0.2) is 0 Å². The maximum absolute atomic E-state index is 12.2. The van der Waals surface area contributed by atoms with Gasteiger partial charge in [0.05, 0.1) is 11.2 Å². The van der Waals surface area contributed by atoms with E-state index in [0.717, 1.165) is 5.46 Å². The first kappa shape index (κ1) is 20.2. The van der Waals surface area contributed by atoms with Crippen molar-refractivity contribution in [1.82, 2.24) is 4.90 Å². The second-order valence-corrected chi connectivity index (χ2v) is 9.85. The molecule has 2 aliphatic rings. The Morgan fingerprint density at radius 1 is 1.11 bits per heavy atom. The minimum Gasteiger partial charge on any atom is -0.444 e. The van der Waals surface area contributed by atoms with Crippen molar-refractivity contribution >= 4 is 18.7 Å². The smallest absolute Gasteiger partial charge is 0.444 e. The molecule has 0 radical (unpaired) electrons. The summed E-state index contributed by atoms with van der Waals surface area (Å²) in [5.74, 6) is 0.318. The number of carbonyl (C=O) groups is 1. The molecule has 0 atom stereocenters. The highest BCUT2D eigenvalue weighted by Crippen LogP contribution is 2.37. The van der Waals surface area contributed by atoms with Gasteiger partial charge in [-0.2, -0.15) is 0 Å². The van der Waals surface area contributed by atoms with Crippen LogP contribution >= 0.6 is 0 Å². The van der Waals surface area contributed by atoms with Crippen molar-refractivity contribution in [3.63, 3.8) is 0 Å². The van der Waals surface area contributed by atoms with Crippen molar-refractivity contribution in [3.05, 3.63) is 29.3 Å². The zero-order chi connectivity index (χ0) is 20.2. The van der Waals surface area contributed by atoms with E-state index in [1.54, 1.807) is 4.90 Å². The third kappa shape index (κ3) is 4.17. The van der Waals surface area contributed by atoms with Crippen molar-refractivity contribution in [3.8, 4) is 0 Å². The predicted octanol–water partition coefficient (Wildman–Crippen LogP) is 3.63. The molecule has 1 amide bonds. The van der Waals surface area contributed by atoms with Gasteiger partial charge in [-0.25, -0.2) is 4.79 Å². The number of hydrogen-bond acceptors (Lipinski definition) is 4. The van der Waals surface area contributed by atoms with E-state index in [0.29, 0.717) is 19.0 Å². The van der Waals surface area contributed by atoms with Gasteiger partial charge in [-0.3, -0.25) is 0 Å². The lowest BCUT2D eigenvalue weighted by molar-refractivity contribution is 0.00578. The number of benzene rings is 1. The molecule has 0 saturated carbocycles. The third-order valence-electron chi connectivity index (χ3n) is 5.65. The summed E-state index contributed by atoms with van der Waals surface area (Å²) >= 11 is 0. The van der Waals surface area contributed by atoms with Crippen LogP contribution in [-0.2, 0) is 14.0 Å². The van der Waals surface area contributed by atoms with Gasteiger partial charge in [0.2, 0.25) is 0 Å². The van der Waals surface area contributed by atoms with Gasteiger partial charge in [0.1, 0.15) is 5.60 Å². The van der Waals surface area contributed by atoms with E-state index in [1.807, 2.05) is 20.8 Å². The van der Waals surface area contributed by atoms with Crippen LogP contribution in [-0.4, -0.2) is 48.0 Å². The second-order valence-electron chi connectivity index (χ2n) is 9.85. The van der Waals surface area contributed by atoms with E-state index in [2.05, 4.69) is 52.8 Å². The second kappa shape index (κ2) is 6.52. The minimum atomic E-state index is -0.463. The standard InChI is InChI=1S/C21H32BNO4/c1-14-9-15(16-12-23(13-16)18(24)25-19(2,3)4)11-17(10-14)22-26-20(5,6)21(7,8)27-22/h9-11,16H,12-13H2,1-8H3. The number of amides is 1. The van der Waals surface area contributed by atoms with Crippen molar-refractivity contribution in [2.24, 2.45) is 0 Å². The summed E-state index contributed by atoms with van der Waals surface area (Å²) in [6.45, 7) is 17.4. The minimum absolute atomic E-state index is 0.238. The topological polar surface area (TPSA) is 48.0 Å². The van der Waals surface area contributed by atoms with E-state index in [-0.39, 0.29) is 24.4 Å². The van der Waals surface area contributed by atoms with E-state index in [4.69, 9.17) is 14.0 Å². The van der Waals surface area contributed by atoms with Gasteiger partial charge in [0, 0.05) is 19.0 Å². The van der Waals surface area contributed by atoms with Crippen LogP contribution in [0.3, 0.4) is 0 Å². The highest BCUT2D eigenvalue weighted by molar-refractivity contribution is 6.62. The van der Waals surface area contributed by atoms with Gasteiger partial charge in [-0.15, -0.1) is 0 Å². The van der Waals surface area contributed by atoms with Crippen LogP contribution in [0.25, 0.3) is 0 Å². The van der Waals surface area contributed by atoms with Crippen molar-refractivity contribution in [2.75, 3.05) is 13.1 Å². The Balaban J connectivity index is 1.70. The van der Waals surface area contributed by atoms with E-state index < -0.39 is 5.60 Å². The first-order valence-electron chi connectivity index (χ1n) is 9.72. The van der Waals surface area contributed by atoms with Gasteiger partial charge < -0.3 is 18.9 Å². The molecule has 0 unspecified atom stereocenters. The normalized spacial score (nSPS) is 21.9. The highest BCUT2D eigenvalue weighted by Gasteiger charge is 2.51. The average Bonchev–Trinajstić information content (AvgIpc) is 2.63. The Bertz CT molecular complexity index is 716. The molecular weight excluding hydrogens is 341 g/mol. The SMILES string of the molecule is Cc1cc(B2OC(C)(C)C(C)(C)O2)cc(C2CN(C(=O)OC(C)(C)C)C2)c1. The van der Waals surface area contributed by atoms with Crippen molar-refractivity contribution in [1.29, 1.82) is 0 Å². The molecule has 2 saturated heterocycles. The molecule has 2 aliphatic heterocycles. The lowest BCUT2D eigenvalue weighted by Gasteiger charge is -2.40. The zero-order valence-electron chi connectivity index (χ0n) is 17.9. The molecule has 6 heteroatoms. The predicted molar refractivity (Wildman–Crippen MR) is 107 cm³/mol. The van der Waals surface area contributed by atoms with Gasteiger partial charge >= 0.3 is 13.2 Å². The van der Waals surface area contributed by atoms with Gasteiger partial charge in [-0.05, 0) is 66.4 Å². The van der Waals surface area contributed by atoms with Crippen molar-refractivity contribution in [2.45, 2.75) is 78.1 Å². The molecule has 3 rings (SSSR count). The molecule has 0 aromatic heterocycles. The molecule has 2 heterocycles. The third-order valence-corrected chi connectivity index (χ3v) is 5.65. The summed E-state index contributed by atoms with van der Waals surface area (Å²) in [6.07, 6.45) is -0.238. The molecule has 0 aliphatic carbocycles. The Morgan fingerprint density at radius 2 is 1.67 bits per heavy atom. The monoisotopic (exact) mass is 373 g/mol. The Labute approximate surface area is 163 Å². The number of rotatable bonds is 2. The molecule has 0 spiro atoms. The summed E-state index contributed by atoms with van der Waals surface area (Å²) in [5, 5.41) is 0. The number of likely N-dealkylation sites (tertiary alicyclic amines) is 1. The van der Waals surface area contributed by atoms with Crippen LogP contribution in [0.1, 0.15) is 65.5 Å². The van der Waals surface area contributed by atoms with Crippen molar-refractivity contribution < 1.29 is 18.8 Å².